The van der Waals surface area contributed by atoms with Crippen LogP contribution in [-0.4, -0.2) is 74.9 Å². The molecule has 16 heteroatoms. The van der Waals surface area contributed by atoms with Gasteiger partial charge in [-0.2, -0.15) is 26.3 Å². The molecule has 0 unspecified atom stereocenters. The minimum Gasteiger partial charge on any atom is -0.421 e. The van der Waals surface area contributed by atoms with Crippen molar-refractivity contribution in [1.29, 1.82) is 0 Å². The molecule has 160 valence electrons. The summed E-state index contributed by atoms with van der Waals surface area (Å²) >= 11 is 0. The van der Waals surface area contributed by atoms with Gasteiger partial charge in [0.25, 0.3) is 0 Å². The van der Waals surface area contributed by atoms with Crippen LogP contribution < -0.4 is 0 Å². The molecule has 0 aliphatic carbocycles. The smallest absolute Gasteiger partial charge is 0.421 e. The summed E-state index contributed by atoms with van der Waals surface area (Å²) in [7, 11) is -8.15. The van der Waals surface area contributed by atoms with Crippen molar-refractivity contribution in [2.45, 2.75) is 30.7 Å². The monoisotopic (exact) mass is 456 g/mol. The highest BCUT2D eigenvalue weighted by molar-refractivity contribution is 8.13. The largest absolute Gasteiger partial charge is 0.480 e. The van der Waals surface area contributed by atoms with Crippen molar-refractivity contribution in [2.75, 3.05) is 34.3 Å². The topological polar surface area (TPSA) is 91.6 Å². The first-order valence-electron chi connectivity index (χ1n) is 6.72. The highest BCUT2D eigenvalue weighted by Gasteiger charge is 2.46. The Kier molecular flexibility index (Phi) is 9.32. The molecular formula is C10H22F6N2O5S2Si. The van der Waals surface area contributed by atoms with E-state index in [9.17, 15) is 43.2 Å². The van der Waals surface area contributed by atoms with E-state index in [0.29, 0.717) is 0 Å². The fourth-order valence-electron chi connectivity index (χ4n) is 0.839. The van der Waals surface area contributed by atoms with Gasteiger partial charge in [0.2, 0.25) is 0 Å². The van der Waals surface area contributed by atoms with Gasteiger partial charge in [-0.1, -0.05) is 0 Å². The van der Waals surface area contributed by atoms with Crippen LogP contribution in [0.3, 0.4) is 0 Å². The molecule has 0 radical (unpaired) electrons. The lowest BCUT2D eigenvalue weighted by Crippen LogP contribution is -2.40. The predicted molar refractivity (Wildman–Crippen MR) is 85.5 cm³/mol. The number of nitrogens with zero attached hydrogens (tertiary/aromatic N) is 2. The summed E-state index contributed by atoms with van der Waals surface area (Å²) in [6.45, 7) is 8.68. The lowest BCUT2D eigenvalue weighted by atomic mass is 10.5. The maximum absolute atomic E-state index is 11.4. The third-order valence-corrected chi connectivity index (χ3v) is 5.89. The van der Waals surface area contributed by atoms with Crippen LogP contribution in [0, 0.1) is 0 Å². The number of alkyl halides is 6. The van der Waals surface area contributed by atoms with Gasteiger partial charge in [0.1, 0.15) is 6.54 Å². The van der Waals surface area contributed by atoms with Crippen molar-refractivity contribution in [3.63, 3.8) is 0 Å². The van der Waals surface area contributed by atoms with E-state index in [2.05, 4.69) is 40.8 Å². The van der Waals surface area contributed by atoms with Crippen LogP contribution in [0.15, 0.2) is 0 Å². The van der Waals surface area contributed by atoms with E-state index in [4.69, 9.17) is 4.43 Å². The molecule has 0 amide bonds. The van der Waals surface area contributed by atoms with E-state index in [-0.39, 0.29) is 0 Å². The van der Waals surface area contributed by atoms with Crippen molar-refractivity contribution in [1.82, 2.24) is 0 Å². The maximum atomic E-state index is 11.4. The van der Waals surface area contributed by atoms with E-state index in [1.165, 1.54) is 0 Å². The molecule has 7 nitrogen and oxygen atoms in total. The fourth-order valence-corrected chi connectivity index (χ4v) is 3.25. The van der Waals surface area contributed by atoms with Crippen LogP contribution in [0.5, 0.6) is 0 Å². The van der Waals surface area contributed by atoms with Gasteiger partial charge in [-0.3, -0.25) is 0 Å². The van der Waals surface area contributed by atoms with E-state index in [1.807, 2.05) is 0 Å². The summed E-state index contributed by atoms with van der Waals surface area (Å²) in [6, 6.07) is 0. The third kappa shape index (κ3) is 12.1. The zero-order chi connectivity index (χ0) is 21.8. The van der Waals surface area contributed by atoms with Crippen molar-refractivity contribution in [3.8, 4) is 0 Å². The standard InChI is InChI=1S/C8H22NOSi.C2F6NO4S2/c1-9(2,3)7-8-10-11(4,5)6;3-1(4,5)14(10,11)9-15(12,13)2(6,7)8/h7-8H2,1-6H3;/q+1;-1. The number of sulfonamides is 2. The van der Waals surface area contributed by atoms with Gasteiger partial charge in [0.15, 0.2) is 28.4 Å². The summed E-state index contributed by atoms with van der Waals surface area (Å²) in [5, 5.41) is 0. The molecule has 0 aliphatic rings. The van der Waals surface area contributed by atoms with Gasteiger partial charge < -0.3 is 13.0 Å². The number of hydrogen-bond donors (Lipinski definition) is 0. The van der Waals surface area contributed by atoms with Crippen molar-refractivity contribution >= 4 is 28.4 Å². The second-order valence-corrected chi connectivity index (χ2v) is 14.8. The normalized spacial score (nSPS) is 14.6. The quantitative estimate of drug-likeness (QED) is 0.348. The number of rotatable bonds is 6. The molecule has 0 spiro atoms. The van der Waals surface area contributed by atoms with Gasteiger partial charge in [-0.15, -0.1) is 0 Å². The number of halogens is 6. The van der Waals surface area contributed by atoms with Gasteiger partial charge >= 0.3 is 11.0 Å². The van der Waals surface area contributed by atoms with Crippen LogP contribution in [-0.2, 0) is 24.5 Å². The van der Waals surface area contributed by atoms with Gasteiger partial charge in [-0.25, -0.2) is 16.8 Å². The SMILES string of the molecule is C[N+](C)(C)CCO[Si](C)(C)C.O=S(=O)([N-]S(=O)(=O)C(F)(F)F)C(F)(F)F. The highest BCUT2D eigenvalue weighted by atomic mass is 32.3. The predicted octanol–water partition coefficient (Wildman–Crippen LogP) is 2.60. The van der Waals surface area contributed by atoms with E-state index in [0.717, 1.165) is 21.8 Å². The summed E-state index contributed by atoms with van der Waals surface area (Å²) in [4.78, 5) is 0. The van der Waals surface area contributed by atoms with Crippen LogP contribution >= 0.6 is 0 Å². The summed E-state index contributed by atoms with van der Waals surface area (Å²) in [5.41, 5.74) is -12.4. The minimum atomic E-state index is -6.72. The molecule has 0 fully saturated rings. The van der Waals surface area contributed by atoms with Gasteiger partial charge in [-0.05, 0) is 19.6 Å². The molecule has 0 aliphatic heterocycles. The first kappa shape index (κ1) is 27.8. The molecule has 0 saturated heterocycles. The van der Waals surface area contributed by atoms with Gasteiger partial charge in [0, 0.05) is 0 Å². The molecule has 0 bridgehead atoms. The lowest BCUT2D eigenvalue weighted by Gasteiger charge is -2.26. The minimum absolute atomic E-state index is 0.778. The van der Waals surface area contributed by atoms with E-state index < -0.39 is 39.4 Å². The second kappa shape index (κ2) is 8.72. The van der Waals surface area contributed by atoms with Crippen LogP contribution in [0.2, 0.25) is 19.6 Å². The van der Waals surface area contributed by atoms with Crippen LogP contribution in [0.1, 0.15) is 0 Å². The molecule has 0 rings (SSSR count). The highest BCUT2D eigenvalue weighted by Crippen LogP contribution is 2.36. The Morgan fingerprint density at radius 3 is 1.35 bits per heavy atom. The first-order chi connectivity index (χ1) is 10.9. The van der Waals surface area contributed by atoms with Crippen molar-refractivity contribution in [2.24, 2.45) is 0 Å². The Morgan fingerprint density at radius 1 is 0.846 bits per heavy atom. The number of likely N-dealkylation sites (N-methyl/N-ethyl adjacent to an activating group) is 1. The lowest BCUT2D eigenvalue weighted by molar-refractivity contribution is -0.870. The zero-order valence-corrected chi connectivity index (χ0v) is 17.6. The number of hydrogen-bond acceptors (Lipinski definition) is 5. The van der Waals surface area contributed by atoms with Crippen LogP contribution in [0.25, 0.3) is 4.13 Å². The zero-order valence-electron chi connectivity index (χ0n) is 14.9. The molecule has 0 aromatic carbocycles. The summed E-state index contributed by atoms with van der Waals surface area (Å²) in [5.74, 6) is 0. The van der Waals surface area contributed by atoms with E-state index in [1.54, 1.807) is 0 Å². The Morgan fingerprint density at radius 2 is 1.15 bits per heavy atom. The third-order valence-electron chi connectivity index (χ3n) is 2.08. The van der Waals surface area contributed by atoms with Crippen molar-refractivity contribution < 1.29 is 52.1 Å². The Bertz CT molecular complexity index is 591. The Hall–Kier alpha value is -0.423. The molecule has 0 aromatic rings. The molecule has 0 N–H and O–H groups in total. The molecular weight excluding hydrogens is 434 g/mol. The summed E-state index contributed by atoms with van der Waals surface area (Å²) < 4.78 is 116. The molecule has 0 aromatic heterocycles. The molecule has 0 saturated carbocycles. The first-order valence-corrected chi connectivity index (χ1v) is 13.0. The van der Waals surface area contributed by atoms with Gasteiger partial charge in [0.05, 0.1) is 27.7 Å². The van der Waals surface area contributed by atoms with Crippen molar-refractivity contribution in [3.05, 3.63) is 4.13 Å². The average Bonchev–Trinajstić information content (AvgIpc) is 2.20. The molecule has 0 atom stereocenters. The number of quaternary nitrogens is 1. The average molecular weight is 457 g/mol. The molecule has 0 heterocycles. The van der Waals surface area contributed by atoms with E-state index >= 15 is 0 Å². The maximum Gasteiger partial charge on any atom is 0.480 e. The summed E-state index contributed by atoms with van der Waals surface area (Å²) in [6.07, 6.45) is 0. The Balaban J connectivity index is 0. The molecule has 26 heavy (non-hydrogen) atoms. The second-order valence-electron chi connectivity index (χ2n) is 6.89. The Labute approximate surface area is 150 Å². The van der Waals surface area contributed by atoms with Crippen LogP contribution in [0.4, 0.5) is 26.3 Å². The fraction of sp³-hybridized carbons (Fsp3) is 1.00.